The van der Waals surface area contributed by atoms with Crippen LogP contribution in [0.4, 0.5) is 18.9 Å². The van der Waals surface area contributed by atoms with Crippen molar-refractivity contribution in [3.8, 4) is 0 Å². The molecule has 1 saturated carbocycles. The van der Waals surface area contributed by atoms with Crippen LogP contribution >= 0.6 is 0 Å². The van der Waals surface area contributed by atoms with E-state index in [2.05, 4.69) is 10.0 Å². The van der Waals surface area contributed by atoms with Gasteiger partial charge >= 0.3 is 12.1 Å². The Bertz CT molecular complexity index is 1450. The molecule has 7 nitrogen and oxygen atoms in total. The smallest absolute Gasteiger partial charge is 0.475 e. The molecule has 3 N–H and O–H groups in total. The molecular formula is C28H29F3N2O5S. The van der Waals surface area contributed by atoms with E-state index in [-0.39, 0.29) is 10.8 Å². The summed E-state index contributed by atoms with van der Waals surface area (Å²) in [5, 5.41) is 10.2. The van der Waals surface area contributed by atoms with E-state index in [0.717, 1.165) is 35.1 Å². The van der Waals surface area contributed by atoms with Crippen LogP contribution in [0.15, 0.2) is 71.6 Å². The zero-order valence-electron chi connectivity index (χ0n) is 21.6. The van der Waals surface area contributed by atoms with Crippen LogP contribution < -0.4 is 10.0 Å². The number of rotatable bonds is 7. The Labute approximate surface area is 225 Å². The molecule has 0 unspecified atom stereocenters. The van der Waals surface area contributed by atoms with E-state index in [4.69, 9.17) is 9.90 Å². The quantitative estimate of drug-likeness (QED) is 0.357. The summed E-state index contributed by atoms with van der Waals surface area (Å²) in [5.41, 5.74) is 4.64. The maximum absolute atomic E-state index is 12.9. The molecule has 3 aromatic rings. The first-order chi connectivity index (χ1) is 18.2. The SMILES string of the molecule is Cc1cc(C)c(S(=O)(=O)Nc2ccc(C3(C(=O)NCc4ccccc4)CC3)cc2)cc1C.O=C(O)C(F)(F)F. The van der Waals surface area contributed by atoms with Crippen molar-refractivity contribution >= 4 is 27.6 Å². The van der Waals surface area contributed by atoms with Gasteiger partial charge in [0.1, 0.15) is 0 Å². The molecule has 39 heavy (non-hydrogen) atoms. The number of alkyl halides is 3. The van der Waals surface area contributed by atoms with Crippen molar-refractivity contribution in [2.24, 2.45) is 0 Å². The maximum Gasteiger partial charge on any atom is 0.490 e. The third-order valence-corrected chi connectivity index (χ3v) is 8.02. The number of anilines is 1. The van der Waals surface area contributed by atoms with Crippen LogP contribution in [0, 0.1) is 20.8 Å². The monoisotopic (exact) mass is 562 g/mol. The summed E-state index contributed by atoms with van der Waals surface area (Å²) in [4.78, 5) is 22.1. The van der Waals surface area contributed by atoms with Crippen molar-refractivity contribution in [2.45, 2.75) is 56.6 Å². The number of carbonyl (C=O) groups is 2. The molecule has 208 valence electrons. The number of hydrogen-bond donors (Lipinski definition) is 3. The Balaban J connectivity index is 0.000000532. The van der Waals surface area contributed by atoms with Crippen molar-refractivity contribution < 1.29 is 36.3 Å². The van der Waals surface area contributed by atoms with Gasteiger partial charge in [-0.15, -0.1) is 0 Å². The summed E-state index contributed by atoms with van der Waals surface area (Å²) in [6.45, 7) is 6.17. The number of carboxylic acids is 1. The second-order valence-corrected chi connectivity index (χ2v) is 11.1. The van der Waals surface area contributed by atoms with Gasteiger partial charge in [-0.2, -0.15) is 13.2 Å². The summed E-state index contributed by atoms with van der Waals surface area (Å²) >= 11 is 0. The van der Waals surface area contributed by atoms with E-state index < -0.39 is 27.6 Å². The van der Waals surface area contributed by atoms with Crippen molar-refractivity contribution in [2.75, 3.05) is 4.72 Å². The lowest BCUT2D eigenvalue weighted by molar-refractivity contribution is -0.192. The molecule has 1 aliphatic carbocycles. The summed E-state index contributed by atoms with van der Waals surface area (Å²) in [5.74, 6) is -2.74. The van der Waals surface area contributed by atoms with Crippen LogP contribution in [0.2, 0.25) is 0 Å². The Morgan fingerprint density at radius 1 is 0.897 bits per heavy atom. The fraction of sp³-hybridized carbons (Fsp3) is 0.286. The molecule has 0 saturated heterocycles. The highest BCUT2D eigenvalue weighted by molar-refractivity contribution is 7.92. The third kappa shape index (κ3) is 7.38. The first-order valence-corrected chi connectivity index (χ1v) is 13.5. The van der Waals surface area contributed by atoms with Gasteiger partial charge in [0.15, 0.2) is 0 Å². The Hall–Kier alpha value is -3.86. The van der Waals surface area contributed by atoms with Gasteiger partial charge in [0, 0.05) is 12.2 Å². The summed E-state index contributed by atoms with van der Waals surface area (Å²) in [6.07, 6.45) is -3.50. The fourth-order valence-electron chi connectivity index (χ4n) is 4.01. The Morgan fingerprint density at radius 3 is 1.95 bits per heavy atom. The lowest BCUT2D eigenvalue weighted by Crippen LogP contribution is -2.34. The molecule has 0 spiro atoms. The molecule has 0 bridgehead atoms. The second-order valence-electron chi connectivity index (χ2n) is 9.44. The van der Waals surface area contributed by atoms with E-state index in [1.165, 1.54) is 0 Å². The average Bonchev–Trinajstić information content (AvgIpc) is 3.67. The van der Waals surface area contributed by atoms with Gasteiger partial charge in [0.2, 0.25) is 5.91 Å². The van der Waals surface area contributed by atoms with Crippen LogP contribution in [0.5, 0.6) is 0 Å². The van der Waals surface area contributed by atoms with E-state index in [1.807, 2.05) is 62.4 Å². The minimum atomic E-state index is -5.08. The first-order valence-electron chi connectivity index (χ1n) is 12.0. The summed E-state index contributed by atoms with van der Waals surface area (Å²) in [7, 11) is -3.70. The van der Waals surface area contributed by atoms with E-state index >= 15 is 0 Å². The molecule has 1 amide bonds. The van der Waals surface area contributed by atoms with Crippen LogP contribution in [0.3, 0.4) is 0 Å². The molecule has 0 atom stereocenters. The van der Waals surface area contributed by atoms with Crippen molar-refractivity contribution in [3.05, 3.63) is 94.5 Å². The molecule has 4 rings (SSSR count). The highest BCUT2D eigenvalue weighted by Gasteiger charge is 2.51. The van der Waals surface area contributed by atoms with Crippen LogP contribution in [-0.2, 0) is 31.6 Å². The zero-order chi connectivity index (χ0) is 29.0. The molecule has 1 fully saturated rings. The molecule has 0 radical (unpaired) electrons. The topological polar surface area (TPSA) is 113 Å². The number of amides is 1. The lowest BCUT2D eigenvalue weighted by Gasteiger charge is -2.17. The largest absolute Gasteiger partial charge is 0.490 e. The Morgan fingerprint density at radius 2 is 1.44 bits per heavy atom. The van der Waals surface area contributed by atoms with Crippen LogP contribution in [-0.4, -0.2) is 31.6 Å². The predicted molar refractivity (Wildman–Crippen MR) is 141 cm³/mol. The fourth-order valence-corrected chi connectivity index (χ4v) is 5.38. The normalized spacial score (nSPS) is 14.0. The van der Waals surface area contributed by atoms with Gasteiger partial charge in [-0.05, 0) is 79.6 Å². The molecule has 0 aliphatic heterocycles. The number of nitrogens with one attached hydrogen (secondary N) is 2. The van der Waals surface area contributed by atoms with Gasteiger partial charge < -0.3 is 10.4 Å². The molecular weight excluding hydrogens is 533 g/mol. The number of sulfonamides is 1. The average molecular weight is 563 g/mol. The predicted octanol–water partition coefficient (Wildman–Crippen LogP) is 5.39. The molecule has 3 aromatic carbocycles. The maximum atomic E-state index is 12.9. The molecule has 0 aromatic heterocycles. The van der Waals surface area contributed by atoms with Crippen LogP contribution in [0.25, 0.3) is 0 Å². The lowest BCUT2D eigenvalue weighted by atomic mass is 9.94. The summed E-state index contributed by atoms with van der Waals surface area (Å²) < 4.78 is 60.3. The Kier molecular flexibility index (Phi) is 8.74. The van der Waals surface area contributed by atoms with E-state index in [9.17, 15) is 26.4 Å². The number of halogens is 3. The van der Waals surface area contributed by atoms with Gasteiger partial charge in [-0.1, -0.05) is 48.5 Å². The highest BCUT2D eigenvalue weighted by atomic mass is 32.2. The highest BCUT2D eigenvalue weighted by Crippen LogP contribution is 2.48. The van der Waals surface area contributed by atoms with Crippen molar-refractivity contribution in [1.82, 2.24) is 5.32 Å². The first kappa shape index (κ1) is 29.7. The van der Waals surface area contributed by atoms with Gasteiger partial charge in [0.05, 0.1) is 10.3 Å². The number of aliphatic carboxylic acids is 1. The van der Waals surface area contributed by atoms with Gasteiger partial charge in [-0.25, -0.2) is 13.2 Å². The minimum Gasteiger partial charge on any atom is -0.475 e. The number of hydrogen-bond acceptors (Lipinski definition) is 4. The molecule has 1 aliphatic rings. The third-order valence-electron chi connectivity index (χ3n) is 6.49. The minimum absolute atomic E-state index is 0.0143. The molecule has 11 heteroatoms. The molecule has 0 heterocycles. The standard InChI is InChI=1S/C26H28N2O3S.C2HF3O2/c1-18-15-20(3)24(16-19(18)2)32(30,31)28-23-11-9-22(10-12-23)26(13-14-26)25(29)27-17-21-7-5-4-6-8-21;3-2(4,5)1(6)7/h4-12,15-16,28H,13-14,17H2,1-3H3,(H,27,29);(H,6,7). The second kappa shape index (κ2) is 11.5. The van der Waals surface area contributed by atoms with Crippen molar-refractivity contribution in [3.63, 3.8) is 0 Å². The number of benzene rings is 3. The number of carbonyl (C=O) groups excluding carboxylic acids is 1. The van der Waals surface area contributed by atoms with Crippen LogP contribution in [0.1, 0.15) is 40.7 Å². The number of aryl methyl sites for hydroxylation is 3. The number of carboxylic acid groups (broad SMARTS) is 1. The van der Waals surface area contributed by atoms with Gasteiger partial charge in [0.25, 0.3) is 10.0 Å². The zero-order valence-corrected chi connectivity index (χ0v) is 22.4. The summed E-state index contributed by atoms with van der Waals surface area (Å²) in [6, 6.07) is 20.6. The van der Waals surface area contributed by atoms with Crippen molar-refractivity contribution in [1.29, 1.82) is 0 Å². The van der Waals surface area contributed by atoms with E-state index in [0.29, 0.717) is 17.8 Å². The van der Waals surface area contributed by atoms with Gasteiger partial charge in [-0.3, -0.25) is 9.52 Å². The van der Waals surface area contributed by atoms with E-state index in [1.54, 1.807) is 25.1 Å².